The third-order valence-electron chi connectivity index (χ3n) is 1.70. The minimum Gasteiger partial charge on any atom is -0.384 e. The second-order valence-electron chi connectivity index (χ2n) is 3.14. The van der Waals surface area contributed by atoms with Crippen LogP contribution in [0, 0.1) is 0 Å². The lowest BCUT2D eigenvalue weighted by Crippen LogP contribution is -2.16. The van der Waals surface area contributed by atoms with Crippen molar-refractivity contribution in [2.45, 2.75) is 24.9 Å². The Morgan fingerprint density at radius 3 is 2.62 bits per heavy atom. The van der Waals surface area contributed by atoms with Crippen molar-refractivity contribution < 1.29 is 8.42 Å². The van der Waals surface area contributed by atoms with Crippen molar-refractivity contribution in [3.8, 4) is 0 Å². The van der Waals surface area contributed by atoms with Gasteiger partial charge in [0.05, 0.1) is 11.4 Å². The van der Waals surface area contributed by atoms with Crippen molar-refractivity contribution in [3.63, 3.8) is 0 Å². The maximum Gasteiger partial charge on any atom is 0.159 e. The van der Waals surface area contributed by atoms with Crippen LogP contribution in [-0.2, 0) is 15.6 Å². The summed E-state index contributed by atoms with van der Waals surface area (Å²) in [5, 5.41) is -0.390. The number of nitrogens with zero attached hydrogens (tertiary/aromatic N) is 1. The van der Waals surface area contributed by atoms with Crippen LogP contribution in [0.4, 0.5) is 5.82 Å². The summed E-state index contributed by atoms with van der Waals surface area (Å²) >= 11 is 0. The van der Waals surface area contributed by atoms with Gasteiger partial charge in [-0.3, -0.25) is 0 Å². The van der Waals surface area contributed by atoms with E-state index in [4.69, 9.17) is 5.73 Å². The Bertz CT molecular complexity index is 380. The predicted octanol–water partition coefficient (Wildman–Crippen LogP) is 0.315. The van der Waals surface area contributed by atoms with Crippen molar-refractivity contribution in [1.29, 1.82) is 0 Å². The van der Waals surface area contributed by atoms with Crippen molar-refractivity contribution in [2.24, 2.45) is 0 Å². The number of imidazole rings is 1. The third kappa shape index (κ3) is 2.45. The highest BCUT2D eigenvalue weighted by Crippen LogP contribution is 2.08. The van der Waals surface area contributed by atoms with Gasteiger partial charge in [0.2, 0.25) is 0 Å². The van der Waals surface area contributed by atoms with Gasteiger partial charge in [-0.05, 0) is 13.8 Å². The molecule has 0 unspecified atom stereocenters. The van der Waals surface area contributed by atoms with Crippen LogP contribution in [0.1, 0.15) is 19.7 Å². The standard InChI is InChI=1S/C7H13N3O2S/c1-5(2)13(11,12)4-7-9-3-6(8)10-7/h3,5H,4,8H2,1-2H3,(H,9,10). The maximum absolute atomic E-state index is 11.4. The molecule has 1 rings (SSSR count). The number of sulfone groups is 1. The zero-order valence-electron chi connectivity index (χ0n) is 7.61. The number of H-pyrrole nitrogens is 1. The Balaban J connectivity index is 2.81. The van der Waals surface area contributed by atoms with Crippen LogP contribution >= 0.6 is 0 Å². The number of aromatic nitrogens is 2. The van der Waals surface area contributed by atoms with E-state index >= 15 is 0 Å². The first-order valence-corrected chi connectivity index (χ1v) is 5.64. The normalized spacial score (nSPS) is 12.2. The van der Waals surface area contributed by atoms with E-state index in [1.165, 1.54) is 6.20 Å². The van der Waals surface area contributed by atoms with Crippen molar-refractivity contribution in [3.05, 3.63) is 12.0 Å². The zero-order chi connectivity index (χ0) is 10.1. The Kier molecular flexibility index (Phi) is 2.60. The van der Waals surface area contributed by atoms with Crippen LogP contribution < -0.4 is 5.73 Å². The van der Waals surface area contributed by atoms with Gasteiger partial charge in [-0.2, -0.15) is 0 Å². The zero-order valence-corrected chi connectivity index (χ0v) is 8.43. The van der Waals surface area contributed by atoms with Gasteiger partial charge in [0.1, 0.15) is 17.4 Å². The maximum atomic E-state index is 11.4. The van der Waals surface area contributed by atoms with E-state index in [0.29, 0.717) is 11.6 Å². The molecule has 0 atom stereocenters. The van der Waals surface area contributed by atoms with Gasteiger partial charge in [0, 0.05) is 0 Å². The minimum absolute atomic E-state index is 0.0815. The molecule has 1 heterocycles. The summed E-state index contributed by atoms with van der Waals surface area (Å²) in [4.78, 5) is 6.50. The van der Waals surface area contributed by atoms with E-state index < -0.39 is 9.84 Å². The SMILES string of the molecule is CC(C)S(=O)(=O)Cc1ncc(N)[nH]1. The molecule has 1 aromatic heterocycles. The van der Waals surface area contributed by atoms with Gasteiger partial charge in [-0.1, -0.05) is 0 Å². The van der Waals surface area contributed by atoms with Crippen LogP contribution in [0.2, 0.25) is 0 Å². The highest BCUT2D eigenvalue weighted by atomic mass is 32.2. The number of aromatic amines is 1. The van der Waals surface area contributed by atoms with Gasteiger partial charge in [0.25, 0.3) is 0 Å². The van der Waals surface area contributed by atoms with Gasteiger partial charge in [-0.25, -0.2) is 13.4 Å². The molecule has 0 fully saturated rings. The lowest BCUT2D eigenvalue weighted by Gasteiger charge is -2.04. The van der Waals surface area contributed by atoms with Crippen LogP contribution in [-0.4, -0.2) is 23.6 Å². The van der Waals surface area contributed by atoms with E-state index in [1.807, 2.05) is 0 Å². The van der Waals surface area contributed by atoms with Crippen LogP contribution in [0.5, 0.6) is 0 Å². The molecule has 0 spiro atoms. The number of hydrogen-bond acceptors (Lipinski definition) is 4. The summed E-state index contributed by atoms with van der Waals surface area (Å²) in [6.45, 7) is 3.28. The summed E-state index contributed by atoms with van der Waals surface area (Å²) in [6.07, 6.45) is 1.41. The monoisotopic (exact) mass is 203 g/mol. The van der Waals surface area contributed by atoms with Crippen molar-refractivity contribution in [1.82, 2.24) is 9.97 Å². The summed E-state index contributed by atoms with van der Waals surface area (Å²) in [5.41, 5.74) is 5.36. The highest BCUT2D eigenvalue weighted by Gasteiger charge is 2.18. The second-order valence-corrected chi connectivity index (χ2v) is 5.70. The molecule has 0 aliphatic rings. The summed E-state index contributed by atoms with van der Waals surface area (Å²) < 4.78 is 22.8. The summed E-state index contributed by atoms with van der Waals surface area (Å²) in [7, 11) is -3.09. The quantitative estimate of drug-likeness (QED) is 0.740. The molecule has 0 aromatic carbocycles. The van der Waals surface area contributed by atoms with E-state index in [-0.39, 0.29) is 11.0 Å². The Morgan fingerprint density at radius 1 is 1.62 bits per heavy atom. The average molecular weight is 203 g/mol. The molecule has 5 nitrogen and oxygen atoms in total. The fourth-order valence-electron chi connectivity index (χ4n) is 0.809. The van der Waals surface area contributed by atoms with E-state index in [1.54, 1.807) is 13.8 Å². The number of nitrogen functional groups attached to an aromatic ring is 1. The second kappa shape index (κ2) is 3.37. The Morgan fingerprint density at radius 2 is 2.23 bits per heavy atom. The number of nitrogens with one attached hydrogen (secondary N) is 1. The Hall–Kier alpha value is -1.04. The largest absolute Gasteiger partial charge is 0.384 e. The first-order chi connectivity index (χ1) is 5.92. The number of rotatable bonds is 3. The molecule has 0 saturated carbocycles. The first kappa shape index (κ1) is 10.0. The van der Waals surface area contributed by atoms with Gasteiger partial charge < -0.3 is 10.7 Å². The Labute approximate surface area is 77.3 Å². The predicted molar refractivity (Wildman–Crippen MR) is 50.8 cm³/mol. The number of nitrogens with two attached hydrogens (primary N) is 1. The molecule has 3 N–H and O–H groups in total. The molecule has 0 amide bonds. The van der Waals surface area contributed by atoms with Gasteiger partial charge in [-0.15, -0.1) is 0 Å². The fourth-order valence-corrected chi connectivity index (χ4v) is 1.67. The van der Waals surface area contributed by atoms with E-state index in [9.17, 15) is 8.42 Å². The van der Waals surface area contributed by atoms with Crippen molar-refractivity contribution in [2.75, 3.05) is 5.73 Å². The lowest BCUT2D eigenvalue weighted by atomic mass is 10.6. The molecule has 74 valence electrons. The molecule has 0 aliphatic carbocycles. The van der Waals surface area contributed by atoms with Gasteiger partial charge in [0.15, 0.2) is 9.84 Å². The molecule has 0 radical (unpaired) electrons. The number of hydrogen-bond donors (Lipinski definition) is 2. The summed E-state index contributed by atoms with van der Waals surface area (Å²) in [5.74, 6) is 0.696. The lowest BCUT2D eigenvalue weighted by molar-refractivity contribution is 0.585. The molecular formula is C7H13N3O2S. The van der Waals surface area contributed by atoms with Gasteiger partial charge >= 0.3 is 0 Å². The molecule has 6 heteroatoms. The molecule has 0 aliphatic heterocycles. The third-order valence-corrected chi connectivity index (χ3v) is 3.82. The molecule has 1 aromatic rings. The molecule has 0 saturated heterocycles. The van der Waals surface area contributed by atoms with Crippen LogP contribution in [0.3, 0.4) is 0 Å². The minimum atomic E-state index is -3.09. The van der Waals surface area contributed by atoms with Crippen LogP contribution in [0.15, 0.2) is 6.20 Å². The summed E-state index contributed by atoms with van der Waals surface area (Å²) in [6, 6.07) is 0. The topological polar surface area (TPSA) is 88.8 Å². The molecule has 13 heavy (non-hydrogen) atoms. The van der Waals surface area contributed by atoms with E-state index in [2.05, 4.69) is 9.97 Å². The smallest absolute Gasteiger partial charge is 0.159 e. The first-order valence-electron chi connectivity index (χ1n) is 3.93. The fraction of sp³-hybridized carbons (Fsp3) is 0.571. The molecule has 0 bridgehead atoms. The van der Waals surface area contributed by atoms with Crippen LogP contribution in [0.25, 0.3) is 0 Å². The average Bonchev–Trinajstić information content (AvgIpc) is 2.34. The molecular weight excluding hydrogens is 190 g/mol. The number of anilines is 1. The van der Waals surface area contributed by atoms with E-state index in [0.717, 1.165) is 0 Å². The highest BCUT2D eigenvalue weighted by molar-refractivity contribution is 7.91. The van der Waals surface area contributed by atoms with Crippen molar-refractivity contribution >= 4 is 15.7 Å².